The van der Waals surface area contributed by atoms with Crippen molar-refractivity contribution in [1.82, 2.24) is 0 Å². The van der Waals surface area contributed by atoms with Crippen LogP contribution < -0.4 is 0 Å². The van der Waals surface area contributed by atoms with Gasteiger partial charge in [0, 0.05) is 6.42 Å². The van der Waals surface area contributed by atoms with Crippen molar-refractivity contribution >= 4 is 15.8 Å². The van der Waals surface area contributed by atoms with Crippen LogP contribution in [0.15, 0.2) is 30.3 Å². The summed E-state index contributed by atoms with van der Waals surface area (Å²) in [6.45, 7) is 0. The molecule has 1 saturated heterocycles. The maximum atomic E-state index is 11.6. The molecule has 1 fully saturated rings. The third-order valence-corrected chi connectivity index (χ3v) is 4.69. The molecule has 1 atom stereocenters. The van der Waals surface area contributed by atoms with E-state index in [9.17, 15) is 13.2 Å². The Hall–Kier alpha value is -1.36. The number of benzene rings is 1. The topological polar surface area (TPSA) is 60.4 Å². The third kappa shape index (κ3) is 3.84. The van der Waals surface area contributed by atoms with Gasteiger partial charge in [-0.15, -0.1) is 0 Å². The Morgan fingerprint density at radius 3 is 2.61 bits per heavy atom. The van der Waals surface area contributed by atoms with Crippen LogP contribution >= 0.6 is 0 Å². The zero-order chi connectivity index (χ0) is 13.0. The lowest BCUT2D eigenvalue weighted by atomic mass is 10.1. The minimum atomic E-state index is -2.99. The van der Waals surface area contributed by atoms with E-state index in [2.05, 4.69) is 0 Å². The van der Waals surface area contributed by atoms with E-state index in [1.807, 2.05) is 30.3 Å². The third-order valence-electron chi connectivity index (χ3n) is 2.95. The van der Waals surface area contributed by atoms with Gasteiger partial charge in [-0.2, -0.15) is 0 Å². The lowest BCUT2D eigenvalue weighted by molar-refractivity contribution is -0.147. The molecule has 1 aromatic rings. The van der Waals surface area contributed by atoms with Crippen molar-refractivity contribution in [2.24, 2.45) is 0 Å². The molecule has 5 heteroatoms. The molecule has 0 unspecified atom stereocenters. The van der Waals surface area contributed by atoms with Gasteiger partial charge in [-0.25, -0.2) is 8.42 Å². The van der Waals surface area contributed by atoms with Crippen LogP contribution in [-0.4, -0.2) is 32.0 Å². The Balaban J connectivity index is 1.76. The van der Waals surface area contributed by atoms with Crippen molar-refractivity contribution in [2.75, 3.05) is 11.5 Å². The van der Waals surface area contributed by atoms with E-state index < -0.39 is 15.9 Å². The van der Waals surface area contributed by atoms with Crippen LogP contribution in [0.5, 0.6) is 0 Å². The molecule has 0 amide bonds. The largest absolute Gasteiger partial charge is 0.461 e. The molecule has 2 rings (SSSR count). The van der Waals surface area contributed by atoms with E-state index >= 15 is 0 Å². The average molecular weight is 268 g/mol. The SMILES string of the molecule is O=C(CCc1ccccc1)O[C@@H]1CCS(=O)(=O)C1. The number of carbonyl (C=O) groups is 1. The van der Waals surface area contributed by atoms with E-state index in [-0.39, 0.29) is 17.5 Å². The van der Waals surface area contributed by atoms with Crippen LogP contribution in [0.25, 0.3) is 0 Å². The maximum Gasteiger partial charge on any atom is 0.306 e. The first kappa shape index (κ1) is 13.1. The van der Waals surface area contributed by atoms with Gasteiger partial charge < -0.3 is 4.74 Å². The molecule has 98 valence electrons. The molecular weight excluding hydrogens is 252 g/mol. The summed E-state index contributed by atoms with van der Waals surface area (Å²) in [4.78, 5) is 11.6. The molecule has 4 nitrogen and oxygen atoms in total. The van der Waals surface area contributed by atoms with E-state index in [0.29, 0.717) is 19.3 Å². The minimum Gasteiger partial charge on any atom is -0.461 e. The Kier molecular flexibility index (Phi) is 4.01. The first-order valence-electron chi connectivity index (χ1n) is 5.99. The molecule has 0 aromatic heterocycles. The number of esters is 1. The fourth-order valence-electron chi connectivity index (χ4n) is 1.99. The number of hydrogen-bond donors (Lipinski definition) is 0. The summed E-state index contributed by atoms with van der Waals surface area (Å²) in [5.41, 5.74) is 1.08. The smallest absolute Gasteiger partial charge is 0.306 e. The maximum absolute atomic E-state index is 11.6. The number of sulfone groups is 1. The molecule has 1 aliphatic rings. The molecule has 1 aromatic carbocycles. The number of rotatable bonds is 4. The highest BCUT2D eigenvalue weighted by atomic mass is 32.2. The monoisotopic (exact) mass is 268 g/mol. The zero-order valence-corrected chi connectivity index (χ0v) is 10.9. The molecule has 0 aliphatic carbocycles. The van der Waals surface area contributed by atoms with E-state index in [1.165, 1.54) is 0 Å². The van der Waals surface area contributed by atoms with E-state index in [4.69, 9.17) is 4.74 Å². The number of ether oxygens (including phenoxy) is 1. The fourth-order valence-corrected chi connectivity index (χ4v) is 3.58. The zero-order valence-electron chi connectivity index (χ0n) is 10.0. The van der Waals surface area contributed by atoms with Gasteiger partial charge in [0.15, 0.2) is 9.84 Å². The van der Waals surface area contributed by atoms with Gasteiger partial charge in [-0.05, 0) is 18.4 Å². The minimum absolute atomic E-state index is 0.0237. The fraction of sp³-hybridized carbons (Fsp3) is 0.462. The molecule has 18 heavy (non-hydrogen) atoms. The molecule has 1 heterocycles. The predicted molar refractivity (Wildman–Crippen MR) is 67.9 cm³/mol. The van der Waals surface area contributed by atoms with Crippen LogP contribution in [0.1, 0.15) is 18.4 Å². The summed E-state index contributed by atoms with van der Waals surface area (Å²) >= 11 is 0. The molecule has 0 radical (unpaired) electrons. The molecule has 1 aliphatic heterocycles. The second-order valence-corrected chi connectivity index (χ2v) is 6.73. The van der Waals surface area contributed by atoms with Crippen molar-refractivity contribution < 1.29 is 17.9 Å². The van der Waals surface area contributed by atoms with Gasteiger partial charge in [0.05, 0.1) is 11.5 Å². The van der Waals surface area contributed by atoms with Gasteiger partial charge >= 0.3 is 5.97 Å². The summed E-state index contributed by atoms with van der Waals surface area (Å²) in [6, 6.07) is 9.67. The Morgan fingerprint density at radius 1 is 1.28 bits per heavy atom. The molecule has 0 spiro atoms. The Bertz CT molecular complexity index is 507. The van der Waals surface area contributed by atoms with Gasteiger partial charge in [-0.3, -0.25) is 4.79 Å². The van der Waals surface area contributed by atoms with Crippen molar-refractivity contribution in [2.45, 2.75) is 25.4 Å². The number of aryl methyl sites for hydroxylation is 1. The first-order chi connectivity index (χ1) is 8.55. The van der Waals surface area contributed by atoms with Crippen LogP contribution in [-0.2, 0) is 25.8 Å². The standard InChI is InChI=1S/C13H16O4S/c14-13(7-6-11-4-2-1-3-5-11)17-12-8-9-18(15,16)10-12/h1-5,12H,6-10H2/t12-/m1/s1. The normalized spacial score (nSPS) is 21.7. The van der Waals surface area contributed by atoms with E-state index in [1.54, 1.807) is 0 Å². The van der Waals surface area contributed by atoms with Crippen LogP contribution in [0.4, 0.5) is 0 Å². The molecule has 0 bridgehead atoms. The summed E-state index contributed by atoms with van der Waals surface area (Å²) in [7, 11) is -2.99. The average Bonchev–Trinajstić information content (AvgIpc) is 2.67. The highest BCUT2D eigenvalue weighted by Crippen LogP contribution is 2.15. The second kappa shape index (κ2) is 5.52. The Morgan fingerprint density at radius 2 is 2.00 bits per heavy atom. The van der Waals surface area contributed by atoms with Crippen LogP contribution in [0, 0.1) is 0 Å². The van der Waals surface area contributed by atoms with Gasteiger partial charge in [-0.1, -0.05) is 30.3 Å². The van der Waals surface area contributed by atoms with Crippen molar-refractivity contribution in [3.05, 3.63) is 35.9 Å². The van der Waals surface area contributed by atoms with Gasteiger partial charge in [0.1, 0.15) is 6.10 Å². The van der Waals surface area contributed by atoms with Crippen LogP contribution in [0.3, 0.4) is 0 Å². The highest BCUT2D eigenvalue weighted by molar-refractivity contribution is 7.91. The number of carbonyl (C=O) groups excluding carboxylic acids is 1. The van der Waals surface area contributed by atoms with Crippen molar-refractivity contribution in [1.29, 1.82) is 0 Å². The predicted octanol–water partition coefficient (Wildman–Crippen LogP) is 1.35. The molecular formula is C13H16O4S. The van der Waals surface area contributed by atoms with Crippen molar-refractivity contribution in [3.8, 4) is 0 Å². The summed E-state index contributed by atoms with van der Waals surface area (Å²) in [6.07, 6.45) is 0.900. The van der Waals surface area contributed by atoms with Gasteiger partial charge in [0.25, 0.3) is 0 Å². The highest BCUT2D eigenvalue weighted by Gasteiger charge is 2.30. The Labute approximate surface area is 107 Å². The first-order valence-corrected chi connectivity index (χ1v) is 7.81. The van der Waals surface area contributed by atoms with Crippen molar-refractivity contribution in [3.63, 3.8) is 0 Å². The molecule has 0 saturated carbocycles. The van der Waals surface area contributed by atoms with Crippen LogP contribution in [0.2, 0.25) is 0 Å². The quantitative estimate of drug-likeness (QED) is 0.773. The molecule has 0 N–H and O–H groups in total. The lowest BCUT2D eigenvalue weighted by Crippen LogP contribution is -2.19. The van der Waals surface area contributed by atoms with E-state index in [0.717, 1.165) is 5.56 Å². The summed E-state index contributed by atoms with van der Waals surface area (Å²) < 4.78 is 27.6. The summed E-state index contributed by atoms with van der Waals surface area (Å²) in [5, 5.41) is 0. The second-order valence-electron chi connectivity index (χ2n) is 4.50. The van der Waals surface area contributed by atoms with Gasteiger partial charge in [0.2, 0.25) is 0 Å². The number of hydrogen-bond acceptors (Lipinski definition) is 4. The summed E-state index contributed by atoms with van der Waals surface area (Å²) in [5.74, 6) is -0.214. The lowest BCUT2D eigenvalue weighted by Gasteiger charge is -2.09.